The molecule has 0 atom stereocenters. The quantitative estimate of drug-likeness (QED) is 0.576. The fourth-order valence-electron chi connectivity index (χ4n) is 2.60. The van der Waals surface area contributed by atoms with E-state index in [9.17, 15) is 14.4 Å². The number of aryl methyl sites for hydroxylation is 1. The summed E-state index contributed by atoms with van der Waals surface area (Å²) in [6, 6.07) is 4.94. The molecule has 0 aliphatic carbocycles. The number of ether oxygens (including phenoxy) is 1. The van der Waals surface area contributed by atoms with Crippen molar-refractivity contribution in [3.8, 4) is 0 Å². The Kier molecular flexibility index (Phi) is 6.45. The van der Waals surface area contributed by atoms with Crippen molar-refractivity contribution >= 4 is 40.9 Å². The third-order valence-electron chi connectivity index (χ3n) is 3.82. The summed E-state index contributed by atoms with van der Waals surface area (Å²) in [5, 5.41) is 3.54. The highest BCUT2D eigenvalue weighted by Gasteiger charge is 2.21. The lowest BCUT2D eigenvalue weighted by Gasteiger charge is -2.08. The molecular weight excluding hydrogens is 379 g/mol. The van der Waals surface area contributed by atoms with E-state index in [2.05, 4.69) is 10.3 Å². The first-order valence-corrected chi connectivity index (χ1v) is 8.54. The van der Waals surface area contributed by atoms with E-state index < -0.39 is 18.5 Å². The normalized spacial score (nSPS) is 10.5. The molecule has 138 valence electrons. The largest absolute Gasteiger partial charge is 0.451 e. The van der Waals surface area contributed by atoms with Crippen LogP contribution in [0, 0.1) is 13.8 Å². The predicted molar refractivity (Wildman–Crippen MR) is 98.9 cm³/mol. The van der Waals surface area contributed by atoms with Crippen LogP contribution >= 0.6 is 23.2 Å². The minimum atomic E-state index is -0.697. The highest BCUT2D eigenvalue weighted by molar-refractivity contribution is 6.35. The Morgan fingerprint density at radius 2 is 1.88 bits per heavy atom. The number of carbonyl (C=O) groups excluding carboxylic acids is 3. The number of carbonyl (C=O) groups is 3. The van der Waals surface area contributed by atoms with Gasteiger partial charge in [-0.05, 0) is 44.0 Å². The van der Waals surface area contributed by atoms with Gasteiger partial charge in [0.2, 0.25) is 0 Å². The molecule has 0 fully saturated rings. The molecule has 0 aliphatic heterocycles. The molecule has 8 heteroatoms. The topological polar surface area (TPSA) is 88.3 Å². The monoisotopic (exact) mass is 396 g/mol. The maximum absolute atomic E-state index is 12.1. The molecule has 26 heavy (non-hydrogen) atoms. The van der Waals surface area contributed by atoms with Crippen molar-refractivity contribution in [2.75, 3.05) is 6.61 Å². The van der Waals surface area contributed by atoms with Crippen molar-refractivity contribution in [2.45, 2.75) is 27.3 Å². The molecule has 0 bridgehead atoms. The summed E-state index contributed by atoms with van der Waals surface area (Å²) in [5.41, 5.74) is 2.41. The number of aromatic nitrogens is 1. The molecule has 0 saturated carbocycles. The molecule has 1 amide bonds. The van der Waals surface area contributed by atoms with Gasteiger partial charge in [0, 0.05) is 27.8 Å². The van der Waals surface area contributed by atoms with Crippen molar-refractivity contribution in [2.24, 2.45) is 0 Å². The van der Waals surface area contributed by atoms with Gasteiger partial charge in [-0.15, -0.1) is 0 Å². The summed E-state index contributed by atoms with van der Waals surface area (Å²) < 4.78 is 5.01. The zero-order valence-electron chi connectivity index (χ0n) is 14.5. The Balaban J connectivity index is 1.92. The van der Waals surface area contributed by atoms with Gasteiger partial charge in [0.1, 0.15) is 5.69 Å². The molecule has 2 N–H and O–H groups in total. The Morgan fingerprint density at radius 3 is 2.46 bits per heavy atom. The van der Waals surface area contributed by atoms with Gasteiger partial charge >= 0.3 is 5.97 Å². The van der Waals surface area contributed by atoms with Gasteiger partial charge in [0.25, 0.3) is 5.91 Å². The van der Waals surface area contributed by atoms with Gasteiger partial charge < -0.3 is 15.0 Å². The molecule has 1 heterocycles. The van der Waals surface area contributed by atoms with E-state index in [4.69, 9.17) is 27.9 Å². The van der Waals surface area contributed by atoms with E-state index in [-0.39, 0.29) is 18.0 Å². The molecule has 0 unspecified atom stereocenters. The van der Waals surface area contributed by atoms with Gasteiger partial charge in [-0.25, -0.2) is 4.79 Å². The summed E-state index contributed by atoms with van der Waals surface area (Å²) in [4.78, 5) is 38.5. The predicted octanol–water partition coefficient (Wildman–Crippen LogP) is 3.61. The van der Waals surface area contributed by atoms with Crippen LogP contribution in [0.4, 0.5) is 0 Å². The molecule has 0 radical (unpaired) electrons. The van der Waals surface area contributed by atoms with Crippen LogP contribution in [0.1, 0.15) is 44.6 Å². The Labute approximate surface area is 160 Å². The molecule has 1 aromatic carbocycles. The average molecular weight is 397 g/mol. The van der Waals surface area contributed by atoms with Gasteiger partial charge in [0.15, 0.2) is 12.4 Å². The van der Waals surface area contributed by atoms with E-state index >= 15 is 0 Å². The SMILES string of the molecule is CC(=O)c1c(C)[nH]c(C(=O)OCC(=O)NCc2ccc(Cl)cc2Cl)c1C. The standard InChI is InChI=1S/C18H18Cl2N2O4/c1-9-16(11(3)23)10(2)22-17(9)18(25)26-8-15(24)21-7-12-4-5-13(19)6-14(12)20/h4-6,22H,7-8H2,1-3H3,(H,21,24). The van der Waals surface area contributed by atoms with Crippen LogP contribution in [0.15, 0.2) is 18.2 Å². The van der Waals surface area contributed by atoms with E-state index in [0.29, 0.717) is 32.4 Å². The fourth-order valence-corrected chi connectivity index (χ4v) is 3.07. The first-order valence-electron chi connectivity index (χ1n) is 7.78. The lowest BCUT2D eigenvalue weighted by atomic mass is 10.1. The van der Waals surface area contributed by atoms with Crippen molar-refractivity contribution < 1.29 is 19.1 Å². The lowest BCUT2D eigenvalue weighted by molar-refractivity contribution is -0.124. The number of benzene rings is 1. The second-order valence-electron chi connectivity index (χ2n) is 5.77. The maximum Gasteiger partial charge on any atom is 0.355 e. The van der Waals surface area contributed by atoms with Crippen LogP contribution in [-0.2, 0) is 16.1 Å². The molecule has 6 nitrogen and oxygen atoms in total. The number of halogens is 2. The first-order chi connectivity index (χ1) is 12.2. The summed E-state index contributed by atoms with van der Waals surface area (Å²) in [5.74, 6) is -1.32. The number of aromatic amines is 1. The third kappa shape index (κ3) is 4.65. The van der Waals surface area contributed by atoms with Gasteiger partial charge in [-0.3, -0.25) is 9.59 Å². The van der Waals surface area contributed by atoms with Crippen LogP contribution in [0.5, 0.6) is 0 Å². The number of nitrogens with one attached hydrogen (secondary N) is 2. The Morgan fingerprint density at radius 1 is 1.19 bits per heavy atom. The van der Waals surface area contributed by atoms with E-state index in [1.54, 1.807) is 32.0 Å². The van der Waals surface area contributed by atoms with Gasteiger partial charge in [-0.2, -0.15) is 0 Å². The van der Waals surface area contributed by atoms with Crippen LogP contribution in [0.3, 0.4) is 0 Å². The van der Waals surface area contributed by atoms with Crippen LogP contribution in [0.2, 0.25) is 10.0 Å². The number of ketones is 1. The Bertz CT molecular complexity index is 874. The Hall–Kier alpha value is -2.31. The fraction of sp³-hybridized carbons (Fsp3) is 0.278. The number of hydrogen-bond acceptors (Lipinski definition) is 4. The van der Waals surface area contributed by atoms with Crippen LogP contribution in [0.25, 0.3) is 0 Å². The molecule has 0 aliphatic rings. The van der Waals surface area contributed by atoms with Gasteiger partial charge in [0.05, 0.1) is 0 Å². The van der Waals surface area contributed by atoms with E-state index in [1.165, 1.54) is 6.92 Å². The second kappa shape index (κ2) is 8.38. The summed E-state index contributed by atoms with van der Waals surface area (Å²) in [7, 11) is 0. The number of esters is 1. The summed E-state index contributed by atoms with van der Waals surface area (Å²) in [6.45, 7) is 4.51. The maximum atomic E-state index is 12.1. The number of rotatable bonds is 6. The van der Waals surface area contributed by atoms with Gasteiger partial charge in [-0.1, -0.05) is 29.3 Å². The smallest absolute Gasteiger partial charge is 0.355 e. The van der Waals surface area contributed by atoms with E-state index in [0.717, 1.165) is 0 Å². The average Bonchev–Trinajstić information content (AvgIpc) is 2.86. The van der Waals surface area contributed by atoms with Crippen molar-refractivity contribution in [1.82, 2.24) is 10.3 Å². The molecule has 0 saturated heterocycles. The summed E-state index contributed by atoms with van der Waals surface area (Å²) >= 11 is 11.8. The lowest BCUT2D eigenvalue weighted by Crippen LogP contribution is -2.28. The summed E-state index contributed by atoms with van der Waals surface area (Å²) in [6.07, 6.45) is 0. The molecule has 2 aromatic rings. The third-order valence-corrected chi connectivity index (χ3v) is 4.41. The minimum absolute atomic E-state index is 0.145. The van der Waals surface area contributed by atoms with E-state index in [1.807, 2.05) is 0 Å². The second-order valence-corrected chi connectivity index (χ2v) is 6.61. The highest BCUT2D eigenvalue weighted by atomic mass is 35.5. The highest BCUT2D eigenvalue weighted by Crippen LogP contribution is 2.21. The van der Waals surface area contributed by atoms with Crippen LogP contribution in [-0.4, -0.2) is 29.3 Å². The number of Topliss-reactive ketones (excluding diaryl/α,β-unsaturated/α-hetero) is 1. The minimum Gasteiger partial charge on any atom is -0.451 e. The number of amides is 1. The molecule has 0 spiro atoms. The van der Waals surface area contributed by atoms with Crippen molar-refractivity contribution in [1.29, 1.82) is 0 Å². The number of H-pyrrole nitrogens is 1. The van der Waals surface area contributed by atoms with Crippen LogP contribution < -0.4 is 5.32 Å². The molecule has 2 rings (SSSR count). The zero-order valence-corrected chi connectivity index (χ0v) is 16.0. The number of hydrogen-bond donors (Lipinski definition) is 2. The van der Waals surface area contributed by atoms with Crippen molar-refractivity contribution in [3.63, 3.8) is 0 Å². The van der Waals surface area contributed by atoms with Crippen molar-refractivity contribution in [3.05, 3.63) is 56.3 Å². The molecule has 1 aromatic heterocycles. The molecular formula is C18H18Cl2N2O4. The first kappa shape index (κ1) is 20.0. The zero-order chi connectivity index (χ0) is 19.4.